The van der Waals surface area contributed by atoms with Crippen LogP contribution in [0, 0.1) is 0 Å². The Balaban J connectivity index is 1.56. The van der Waals surface area contributed by atoms with E-state index in [1.807, 2.05) is 65.5 Å². The van der Waals surface area contributed by atoms with Gasteiger partial charge < -0.3 is 9.29 Å². The second-order valence-electron chi connectivity index (χ2n) is 10.8. The van der Waals surface area contributed by atoms with E-state index in [0.717, 1.165) is 16.7 Å². The number of carbonyl (C=O) groups excluding carboxylic acids is 1. The molecule has 0 aliphatic carbocycles. The zero-order valence-corrected chi connectivity index (χ0v) is 24.1. The van der Waals surface area contributed by atoms with Gasteiger partial charge in [-0.3, -0.25) is 13.7 Å². The smallest absolute Gasteiger partial charge is 0.210 e. The van der Waals surface area contributed by atoms with Crippen molar-refractivity contribution in [3.8, 4) is 0 Å². The van der Waals surface area contributed by atoms with Crippen molar-refractivity contribution in [2.24, 2.45) is 0 Å². The monoisotopic (exact) mass is 573 g/mol. The van der Waals surface area contributed by atoms with Crippen LogP contribution in [0.5, 0.6) is 0 Å². The Kier molecular flexibility index (Phi) is 7.22. The molecule has 0 spiro atoms. The number of rotatable bonds is 8. The first kappa shape index (κ1) is 27.6. The van der Waals surface area contributed by atoms with Crippen LogP contribution in [-0.2, 0) is 31.9 Å². The van der Waals surface area contributed by atoms with Crippen molar-refractivity contribution in [3.63, 3.8) is 0 Å². The van der Waals surface area contributed by atoms with Crippen LogP contribution in [0.3, 0.4) is 0 Å². The Bertz CT molecular complexity index is 1680. The summed E-state index contributed by atoms with van der Waals surface area (Å²) < 4.78 is 30.5. The molecule has 1 aliphatic heterocycles. The van der Waals surface area contributed by atoms with Crippen LogP contribution in [0.15, 0.2) is 128 Å². The highest BCUT2D eigenvalue weighted by molar-refractivity contribution is 7.78. The molecule has 4 aromatic carbocycles. The molecule has 0 N–H and O–H groups in total. The van der Waals surface area contributed by atoms with Crippen molar-refractivity contribution in [1.82, 2.24) is 9.78 Å². The Morgan fingerprint density at radius 3 is 1.76 bits per heavy atom. The van der Waals surface area contributed by atoms with E-state index in [4.69, 9.17) is 9.84 Å². The van der Waals surface area contributed by atoms with Crippen molar-refractivity contribution in [1.29, 1.82) is 0 Å². The lowest BCUT2D eigenvalue weighted by Gasteiger charge is -2.36. The molecule has 7 heteroatoms. The molecule has 210 valence electrons. The molecule has 0 amide bonds. The lowest BCUT2D eigenvalue weighted by atomic mass is 9.77. The van der Waals surface area contributed by atoms with Crippen molar-refractivity contribution >= 4 is 28.2 Å². The van der Waals surface area contributed by atoms with E-state index in [-0.39, 0.29) is 11.5 Å². The fourth-order valence-corrected chi connectivity index (χ4v) is 6.15. The largest absolute Gasteiger partial charge is 0.772 e. The summed E-state index contributed by atoms with van der Waals surface area (Å²) in [5.41, 5.74) is 3.59. The molecule has 2 heterocycles. The first-order chi connectivity index (χ1) is 20.3. The molecular formula is C35H29N2O4S-. The first-order valence-electron chi connectivity index (χ1n) is 13.7. The highest BCUT2D eigenvalue weighted by Crippen LogP contribution is 2.44. The molecule has 42 heavy (non-hydrogen) atoms. The van der Waals surface area contributed by atoms with Crippen LogP contribution in [0.1, 0.15) is 47.2 Å². The first-order valence-corrected chi connectivity index (χ1v) is 14.9. The molecule has 0 saturated heterocycles. The number of hydrogen-bond donors (Lipinski definition) is 0. The van der Waals surface area contributed by atoms with Crippen molar-refractivity contribution < 1.29 is 18.3 Å². The van der Waals surface area contributed by atoms with Gasteiger partial charge in [-0.2, -0.15) is 5.10 Å². The molecule has 0 radical (unpaired) electrons. The van der Waals surface area contributed by atoms with Gasteiger partial charge in [0.05, 0.1) is 11.8 Å². The lowest BCUT2D eigenvalue weighted by Crippen LogP contribution is -2.38. The minimum atomic E-state index is -2.19. The van der Waals surface area contributed by atoms with Gasteiger partial charge in [0.1, 0.15) is 11.3 Å². The molecule has 0 saturated carbocycles. The van der Waals surface area contributed by atoms with Crippen molar-refractivity contribution in [3.05, 3.63) is 161 Å². The Morgan fingerprint density at radius 1 is 0.786 bits per heavy atom. The number of carbonyl (C=O) groups is 1. The molecule has 1 aromatic heterocycles. The van der Waals surface area contributed by atoms with Crippen molar-refractivity contribution in [2.45, 2.75) is 30.7 Å². The van der Waals surface area contributed by atoms with E-state index in [1.165, 1.54) is 0 Å². The molecule has 0 bridgehead atoms. The summed E-state index contributed by atoms with van der Waals surface area (Å²) in [5.74, 6) is 0.223. The third-order valence-corrected chi connectivity index (χ3v) is 8.22. The third-order valence-electron chi connectivity index (χ3n) is 7.65. The number of ether oxygens (including phenoxy) is 1. The highest BCUT2D eigenvalue weighted by atomic mass is 32.2. The summed E-state index contributed by atoms with van der Waals surface area (Å²) in [6.45, 7) is 3.51. The van der Waals surface area contributed by atoms with E-state index < -0.39 is 22.2 Å². The predicted molar refractivity (Wildman–Crippen MR) is 163 cm³/mol. The van der Waals surface area contributed by atoms with Crippen LogP contribution in [0.4, 0.5) is 0 Å². The van der Waals surface area contributed by atoms with Crippen LogP contribution in [0.25, 0.3) is 11.3 Å². The number of ketones is 1. The standard InChI is InChI=1S/C35H30N2O4S/c1-34(2)33(38)31(32(41-34)26-20-18-25(19-21-26)24-42(39)40)27-22-36-37(23-27)35(28-12-6-3-7-13-28,29-14-8-4-9-15-29)30-16-10-5-11-17-30/h3-23H,24H2,1-2H3,(H,39,40)/p-1. The molecule has 1 unspecified atom stereocenters. The molecule has 1 atom stereocenters. The Morgan fingerprint density at radius 2 is 1.29 bits per heavy atom. The summed E-state index contributed by atoms with van der Waals surface area (Å²) in [5, 5.41) is 4.93. The minimum Gasteiger partial charge on any atom is -0.772 e. The fraction of sp³-hybridized carbons (Fsp3) is 0.143. The summed E-state index contributed by atoms with van der Waals surface area (Å²) in [6.07, 6.45) is 3.64. The molecule has 5 aromatic rings. The van der Waals surface area contributed by atoms with Gasteiger partial charge in [0, 0.05) is 23.1 Å². The van der Waals surface area contributed by atoms with E-state index in [2.05, 4.69) is 36.4 Å². The Hall–Kier alpha value is -4.59. The quantitative estimate of drug-likeness (QED) is 0.160. The SMILES string of the molecule is CC1(C)OC(c2ccc(CS(=O)[O-])cc2)=C(c2cnn(C(c3ccccc3)(c3ccccc3)c3ccccc3)c2)C1=O. The van der Waals surface area contributed by atoms with Gasteiger partial charge in [-0.25, -0.2) is 0 Å². The summed E-state index contributed by atoms with van der Waals surface area (Å²) in [4.78, 5) is 13.8. The zero-order chi connectivity index (χ0) is 29.3. The maximum atomic E-state index is 13.8. The Labute approximate surface area is 247 Å². The number of hydrogen-bond acceptors (Lipinski definition) is 5. The summed E-state index contributed by atoms with van der Waals surface area (Å²) in [7, 11) is 0. The normalized spacial score (nSPS) is 15.5. The topological polar surface area (TPSA) is 84.2 Å². The predicted octanol–water partition coefficient (Wildman–Crippen LogP) is 6.35. The van der Waals surface area contributed by atoms with Gasteiger partial charge in [-0.1, -0.05) is 126 Å². The van der Waals surface area contributed by atoms with E-state index in [9.17, 15) is 13.6 Å². The summed E-state index contributed by atoms with van der Waals surface area (Å²) in [6, 6.07) is 37.7. The number of aromatic nitrogens is 2. The average Bonchev–Trinajstić information content (AvgIpc) is 3.57. The molecular weight excluding hydrogens is 544 g/mol. The average molecular weight is 574 g/mol. The van der Waals surface area contributed by atoms with Gasteiger partial charge in [-0.05, 0) is 36.1 Å². The van der Waals surface area contributed by atoms with Gasteiger partial charge in [0.15, 0.2) is 5.60 Å². The molecule has 6 rings (SSSR count). The molecule has 1 aliphatic rings. The van der Waals surface area contributed by atoms with Crippen LogP contribution < -0.4 is 0 Å². The second-order valence-corrected chi connectivity index (χ2v) is 11.7. The minimum absolute atomic E-state index is 0.0786. The zero-order valence-electron chi connectivity index (χ0n) is 23.3. The van der Waals surface area contributed by atoms with Crippen LogP contribution in [-0.4, -0.2) is 29.9 Å². The number of benzene rings is 4. The van der Waals surface area contributed by atoms with E-state index in [1.54, 1.807) is 44.3 Å². The maximum Gasteiger partial charge on any atom is 0.210 e. The van der Waals surface area contributed by atoms with Crippen LogP contribution >= 0.6 is 0 Å². The fourth-order valence-electron chi connectivity index (χ4n) is 5.68. The molecule has 0 fully saturated rings. The summed E-state index contributed by atoms with van der Waals surface area (Å²) >= 11 is -2.19. The third kappa shape index (κ3) is 4.81. The second kappa shape index (κ2) is 11.0. The van der Waals surface area contributed by atoms with E-state index in [0.29, 0.717) is 28.0 Å². The lowest BCUT2D eigenvalue weighted by molar-refractivity contribution is -0.125. The van der Waals surface area contributed by atoms with Gasteiger partial charge >= 0.3 is 0 Å². The van der Waals surface area contributed by atoms with Gasteiger partial charge in [0.2, 0.25) is 5.78 Å². The van der Waals surface area contributed by atoms with Gasteiger partial charge in [0.25, 0.3) is 0 Å². The van der Waals surface area contributed by atoms with E-state index >= 15 is 0 Å². The van der Waals surface area contributed by atoms with Crippen molar-refractivity contribution in [2.75, 3.05) is 0 Å². The number of nitrogens with zero attached hydrogens (tertiary/aromatic N) is 2. The molecule has 6 nitrogen and oxygen atoms in total. The van der Waals surface area contributed by atoms with Gasteiger partial charge in [-0.15, -0.1) is 0 Å². The van der Waals surface area contributed by atoms with Crippen LogP contribution in [0.2, 0.25) is 0 Å². The maximum absolute atomic E-state index is 13.8. The number of Topliss-reactive ketones (excluding diaryl/α,β-unsaturated/α-hetero) is 1. The highest BCUT2D eigenvalue weighted by Gasteiger charge is 2.45.